The topological polar surface area (TPSA) is 177 Å². The normalized spacial score (nSPS) is 15.5. The predicted molar refractivity (Wildman–Crippen MR) is 206 cm³/mol. The quantitative estimate of drug-likeness (QED) is 0.0811. The van der Waals surface area contributed by atoms with Crippen LogP contribution in [0, 0.1) is 0 Å². The van der Waals surface area contributed by atoms with Crippen LogP contribution >= 0.6 is 0 Å². The molecular formula is C41H43N7O9. The molecule has 2 aromatic carbocycles. The summed E-state index contributed by atoms with van der Waals surface area (Å²) in [6, 6.07) is 9.48. The van der Waals surface area contributed by atoms with Crippen molar-refractivity contribution in [2.24, 2.45) is 7.05 Å². The number of carbonyl (C=O) groups excluding carboxylic acids is 4. The van der Waals surface area contributed by atoms with Crippen molar-refractivity contribution in [2.75, 3.05) is 47.6 Å². The molecule has 1 aliphatic heterocycles. The van der Waals surface area contributed by atoms with Gasteiger partial charge < -0.3 is 28.4 Å². The number of benzene rings is 2. The lowest BCUT2D eigenvalue weighted by atomic mass is 9.92. The van der Waals surface area contributed by atoms with Crippen LogP contribution in [-0.4, -0.2) is 111 Å². The summed E-state index contributed by atoms with van der Waals surface area (Å²) in [5.74, 6) is 0.0709. The van der Waals surface area contributed by atoms with Gasteiger partial charge in [-0.1, -0.05) is 5.21 Å². The van der Waals surface area contributed by atoms with Crippen LogP contribution < -0.4 is 19.8 Å². The Hall–Kier alpha value is -6.26. The number of Topliss-reactive ketones (excluding diaryl/α,β-unsaturated/α-hetero) is 2. The largest absolute Gasteiger partial charge is 0.496 e. The predicted octanol–water partition coefficient (Wildman–Crippen LogP) is 3.27. The van der Waals surface area contributed by atoms with Crippen molar-refractivity contribution in [1.82, 2.24) is 34.3 Å². The van der Waals surface area contributed by atoms with Crippen LogP contribution in [0.1, 0.15) is 51.2 Å². The van der Waals surface area contributed by atoms with E-state index in [9.17, 15) is 24.0 Å². The number of imide groups is 1. The van der Waals surface area contributed by atoms with Crippen LogP contribution in [0.3, 0.4) is 0 Å². The Morgan fingerprint density at radius 3 is 2.40 bits per heavy atom. The van der Waals surface area contributed by atoms with Gasteiger partial charge in [-0.15, -0.1) is 5.10 Å². The first-order valence-electron chi connectivity index (χ1n) is 18.6. The summed E-state index contributed by atoms with van der Waals surface area (Å²) in [4.78, 5) is 70.1. The fraction of sp³-hybridized carbons (Fsp3) is 0.366. The number of ketones is 2. The Bertz CT molecular complexity index is 2400. The first-order chi connectivity index (χ1) is 27.6. The number of hydrogen-bond donors (Lipinski definition) is 0. The van der Waals surface area contributed by atoms with E-state index >= 15 is 0 Å². The van der Waals surface area contributed by atoms with E-state index < -0.39 is 23.6 Å². The number of amides is 2. The molecule has 3 aromatic heterocycles. The Kier molecular flexibility index (Phi) is 11.5. The monoisotopic (exact) mass is 777 g/mol. The highest BCUT2D eigenvalue weighted by Crippen LogP contribution is 2.38. The van der Waals surface area contributed by atoms with Crippen molar-refractivity contribution < 1.29 is 38.1 Å². The molecule has 0 spiro atoms. The van der Waals surface area contributed by atoms with Gasteiger partial charge in [-0.05, 0) is 60.8 Å². The molecule has 1 aliphatic carbocycles. The van der Waals surface area contributed by atoms with Gasteiger partial charge >= 0.3 is 0 Å². The smallest absolute Gasteiger partial charge is 0.262 e. The highest BCUT2D eigenvalue weighted by atomic mass is 16.5. The lowest BCUT2D eigenvalue weighted by Gasteiger charge is -2.27. The SMILES string of the molecule is COc1cc(-c2cn(C)c(=O)c3cnccc23)cc(OC)c1CN(C)CCc1cn(CCOCCOc2ccc3c(c2)C(=O)N(C2CCC(=O)CC2=O)C3=O)nn1. The zero-order chi connectivity index (χ0) is 40.2. The molecule has 1 unspecified atom stereocenters. The third kappa shape index (κ3) is 8.18. The molecule has 0 bridgehead atoms. The summed E-state index contributed by atoms with van der Waals surface area (Å²) >= 11 is 0. The lowest BCUT2D eigenvalue weighted by Crippen LogP contribution is -2.47. The molecule has 296 valence electrons. The minimum absolute atomic E-state index is 0.116. The average Bonchev–Trinajstić information content (AvgIpc) is 3.77. The zero-order valence-corrected chi connectivity index (χ0v) is 32.2. The summed E-state index contributed by atoms with van der Waals surface area (Å²) in [6.45, 7) is 2.60. The summed E-state index contributed by atoms with van der Waals surface area (Å²) in [5.41, 5.74) is 3.72. The van der Waals surface area contributed by atoms with Gasteiger partial charge in [-0.25, -0.2) is 4.68 Å². The van der Waals surface area contributed by atoms with Crippen LogP contribution in [0.15, 0.2) is 66.0 Å². The summed E-state index contributed by atoms with van der Waals surface area (Å²) in [7, 11) is 6.99. The molecule has 0 saturated heterocycles. The van der Waals surface area contributed by atoms with Gasteiger partial charge in [0.05, 0.1) is 74.2 Å². The minimum atomic E-state index is -0.916. The number of nitrogens with zero attached hydrogens (tertiary/aromatic N) is 7. The summed E-state index contributed by atoms with van der Waals surface area (Å²) in [6.07, 6.45) is 7.69. The molecular weight excluding hydrogens is 734 g/mol. The van der Waals surface area contributed by atoms with E-state index in [1.807, 2.05) is 37.6 Å². The maximum absolute atomic E-state index is 13.1. The fourth-order valence-electron chi connectivity index (χ4n) is 7.28. The van der Waals surface area contributed by atoms with Crippen molar-refractivity contribution in [2.45, 2.75) is 44.8 Å². The molecule has 2 aliphatic rings. The van der Waals surface area contributed by atoms with Gasteiger partial charge in [0.15, 0.2) is 5.78 Å². The highest BCUT2D eigenvalue weighted by Gasteiger charge is 2.44. The van der Waals surface area contributed by atoms with Crippen molar-refractivity contribution in [3.05, 3.63) is 93.9 Å². The molecule has 1 fully saturated rings. The maximum atomic E-state index is 13.1. The second-order valence-electron chi connectivity index (χ2n) is 14.1. The van der Waals surface area contributed by atoms with Gasteiger partial charge in [-0.2, -0.15) is 0 Å². The van der Waals surface area contributed by atoms with Crippen LogP contribution in [0.25, 0.3) is 21.9 Å². The first kappa shape index (κ1) is 39.0. The summed E-state index contributed by atoms with van der Waals surface area (Å²) < 4.78 is 26.5. The van der Waals surface area contributed by atoms with E-state index in [4.69, 9.17) is 18.9 Å². The molecule has 4 heterocycles. The standard InChI is InChI=1S/C41H43N7O9/c1-45(23-34-37(54-3)17-25(18-38(34)55-4)33-24-46(2)39(51)32-21-42-11-9-29(32)33)12-10-26-22-47(44-43-26)13-14-56-15-16-57-28-6-7-30-31(20-28)41(53)48(40(30)52)35-8-5-27(49)19-36(35)50/h6-7,9,11,17-18,20-22,24,35H,5,8,10,12-16,19,23H2,1-4H3. The average molecular weight is 778 g/mol. The molecule has 0 N–H and O–H groups in total. The number of ether oxygens (including phenoxy) is 4. The number of rotatable bonds is 16. The second kappa shape index (κ2) is 16.9. The molecule has 0 radical (unpaired) electrons. The van der Waals surface area contributed by atoms with E-state index in [2.05, 4.69) is 20.2 Å². The minimum Gasteiger partial charge on any atom is -0.496 e. The van der Waals surface area contributed by atoms with Crippen molar-refractivity contribution >= 4 is 34.2 Å². The molecule has 1 atom stereocenters. The number of methoxy groups -OCH3 is 2. The third-order valence-electron chi connectivity index (χ3n) is 10.3. The number of fused-ring (bicyclic) bond motifs is 2. The number of aryl methyl sites for hydroxylation is 1. The number of likely N-dealkylation sites (N-methyl/N-ethyl adjacent to an activating group) is 1. The summed E-state index contributed by atoms with van der Waals surface area (Å²) in [5, 5.41) is 9.89. The van der Waals surface area contributed by atoms with Crippen LogP contribution in [0.5, 0.6) is 17.2 Å². The number of aromatic nitrogens is 5. The van der Waals surface area contributed by atoms with Gasteiger partial charge in [-0.3, -0.25) is 33.9 Å². The fourth-order valence-corrected chi connectivity index (χ4v) is 7.28. The van der Waals surface area contributed by atoms with Crippen LogP contribution in [-0.2, 0) is 40.9 Å². The molecule has 7 rings (SSSR count). The molecule has 16 nitrogen and oxygen atoms in total. The molecule has 5 aromatic rings. The first-order valence-corrected chi connectivity index (χ1v) is 18.6. The van der Waals surface area contributed by atoms with Crippen LogP contribution in [0.4, 0.5) is 0 Å². The van der Waals surface area contributed by atoms with E-state index in [1.54, 1.807) is 49.0 Å². The zero-order valence-electron chi connectivity index (χ0n) is 32.2. The van der Waals surface area contributed by atoms with Crippen molar-refractivity contribution in [3.63, 3.8) is 0 Å². The van der Waals surface area contributed by atoms with Crippen molar-refractivity contribution in [3.8, 4) is 28.4 Å². The van der Waals surface area contributed by atoms with Gasteiger partial charge in [0, 0.05) is 63.3 Å². The molecule has 16 heteroatoms. The molecule has 1 saturated carbocycles. The molecule has 57 heavy (non-hydrogen) atoms. The Morgan fingerprint density at radius 1 is 0.877 bits per heavy atom. The molecule has 2 amide bonds. The lowest BCUT2D eigenvalue weighted by molar-refractivity contribution is -0.132. The van der Waals surface area contributed by atoms with E-state index in [-0.39, 0.29) is 54.9 Å². The van der Waals surface area contributed by atoms with E-state index in [1.165, 1.54) is 12.1 Å². The number of hydrogen-bond acceptors (Lipinski definition) is 13. The Morgan fingerprint density at radius 2 is 1.65 bits per heavy atom. The Labute approximate surface area is 327 Å². The second-order valence-corrected chi connectivity index (χ2v) is 14.1. The van der Waals surface area contributed by atoms with E-state index in [0.717, 1.165) is 32.7 Å². The number of pyridine rings is 2. The van der Waals surface area contributed by atoms with Crippen LogP contribution in [0.2, 0.25) is 0 Å². The Balaban J connectivity index is 0.869. The van der Waals surface area contributed by atoms with Gasteiger partial charge in [0.2, 0.25) is 0 Å². The van der Waals surface area contributed by atoms with Gasteiger partial charge in [0.1, 0.15) is 29.6 Å². The van der Waals surface area contributed by atoms with E-state index in [0.29, 0.717) is 55.3 Å². The van der Waals surface area contributed by atoms with Gasteiger partial charge in [0.25, 0.3) is 17.4 Å². The number of carbonyl (C=O) groups is 4. The third-order valence-corrected chi connectivity index (χ3v) is 10.3. The highest BCUT2D eigenvalue weighted by molar-refractivity contribution is 6.23. The maximum Gasteiger partial charge on any atom is 0.262 e. The van der Waals surface area contributed by atoms with Crippen molar-refractivity contribution in [1.29, 1.82) is 0 Å².